The normalized spacial score (nSPS) is 17.3. The molecule has 0 spiro atoms. The van der Waals surface area contributed by atoms with Crippen molar-refractivity contribution in [3.63, 3.8) is 0 Å². The first-order valence-electron chi connectivity index (χ1n) is 13.3. The number of nitrogens with one attached hydrogen (secondary N) is 3. The number of rotatable bonds is 8. The molecule has 0 unspecified atom stereocenters. The summed E-state index contributed by atoms with van der Waals surface area (Å²) in [5, 5.41) is 6.22. The largest absolute Gasteiger partial charge is 0.350 e. The van der Waals surface area contributed by atoms with Crippen molar-refractivity contribution >= 4 is 38.4 Å². The maximum absolute atomic E-state index is 15.1. The molecule has 0 amide bonds. The predicted molar refractivity (Wildman–Crippen MR) is 156 cm³/mol. The van der Waals surface area contributed by atoms with Gasteiger partial charge in [0.15, 0.2) is 5.69 Å². The second-order valence-electron chi connectivity index (χ2n) is 10.5. The number of hydrogen-bond acceptors (Lipinski definition) is 7. The van der Waals surface area contributed by atoms with E-state index in [1.165, 1.54) is 30.3 Å². The molecule has 5 rings (SSSR count). The van der Waals surface area contributed by atoms with E-state index in [2.05, 4.69) is 35.2 Å². The van der Waals surface area contributed by atoms with Crippen LogP contribution in [0.3, 0.4) is 0 Å². The van der Waals surface area contributed by atoms with Gasteiger partial charge in [-0.3, -0.25) is 4.72 Å². The van der Waals surface area contributed by atoms with E-state index < -0.39 is 33.6 Å². The quantitative estimate of drug-likeness (QED) is 0.224. The molecule has 13 heteroatoms. The third-order valence-electron chi connectivity index (χ3n) is 6.87. The summed E-state index contributed by atoms with van der Waals surface area (Å²) in [5.74, 6) is -2.01. The van der Waals surface area contributed by atoms with Gasteiger partial charge in [0.05, 0.1) is 35.4 Å². The van der Waals surface area contributed by atoms with Gasteiger partial charge in [0.25, 0.3) is 0 Å². The summed E-state index contributed by atoms with van der Waals surface area (Å²) in [6.07, 6.45) is 0.972. The Balaban J connectivity index is 1.39. The van der Waals surface area contributed by atoms with E-state index in [0.29, 0.717) is 47.7 Å². The van der Waals surface area contributed by atoms with Gasteiger partial charge in [-0.05, 0) is 35.7 Å². The smallest absolute Gasteiger partial charge is 0.237 e. The van der Waals surface area contributed by atoms with Gasteiger partial charge in [0.1, 0.15) is 23.3 Å². The van der Waals surface area contributed by atoms with Gasteiger partial charge in [-0.15, -0.1) is 0 Å². The zero-order valence-corrected chi connectivity index (χ0v) is 23.6. The van der Waals surface area contributed by atoms with Crippen molar-refractivity contribution < 1.29 is 21.6 Å². The molecule has 218 valence electrons. The summed E-state index contributed by atoms with van der Waals surface area (Å²) in [4.78, 5) is 16.7. The number of pyridine rings is 1. The van der Waals surface area contributed by atoms with Crippen LogP contribution < -0.4 is 15.4 Å². The van der Waals surface area contributed by atoms with Crippen molar-refractivity contribution in [3.8, 4) is 11.3 Å². The van der Waals surface area contributed by atoms with E-state index >= 15 is 4.39 Å². The van der Waals surface area contributed by atoms with Crippen LogP contribution in [-0.2, 0) is 15.8 Å². The van der Waals surface area contributed by atoms with E-state index in [1.807, 2.05) is 13.8 Å². The maximum atomic E-state index is 15.1. The second-order valence-corrected chi connectivity index (χ2v) is 12.2. The van der Waals surface area contributed by atoms with E-state index in [1.54, 1.807) is 12.3 Å². The summed E-state index contributed by atoms with van der Waals surface area (Å²) in [6, 6.07) is 9.12. The fraction of sp³-hybridized carbons (Fsp3) is 0.310. The molecule has 1 aliphatic rings. The number of aromatic nitrogens is 3. The highest BCUT2D eigenvalue weighted by Gasteiger charge is 2.23. The van der Waals surface area contributed by atoms with E-state index in [9.17, 15) is 17.2 Å². The average Bonchev–Trinajstić information content (AvgIpc) is 2.94. The van der Waals surface area contributed by atoms with Crippen LogP contribution in [0.25, 0.3) is 27.1 Å². The van der Waals surface area contributed by atoms with Crippen molar-refractivity contribution in [2.24, 2.45) is 0 Å². The average molecular weight is 596 g/mol. The first-order valence-corrected chi connectivity index (χ1v) is 14.9. The van der Waals surface area contributed by atoms with Gasteiger partial charge < -0.3 is 10.6 Å². The predicted octanol–water partition coefficient (Wildman–Crippen LogP) is 5.70. The van der Waals surface area contributed by atoms with Crippen molar-refractivity contribution in [3.05, 3.63) is 82.8 Å². The molecular formula is C29H28F3N7O2S. The SMILES string of the molecule is [C-]#[N+]c1ccc(CS(=O)(=O)Nc2ccc(-c3cc(C(C)C)c4nc(N[C@@H]5CNC[C@@H](F)C5)ncc4n3)cc2F)c(F)c1. The minimum absolute atomic E-state index is 0.0312. The lowest BCUT2D eigenvalue weighted by Crippen LogP contribution is -2.44. The number of halogens is 3. The molecule has 0 bridgehead atoms. The van der Waals surface area contributed by atoms with Crippen LogP contribution >= 0.6 is 0 Å². The Bertz CT molecular complexity index is 1790. The molecule has 0 aliphatic carbocycles. The zero-order valence-electron chi connectivity index (χ0n) is 22.8. The van der Waals surface area contributed by atoms with Gasteiger partial charge >= 0.3 is 0 Å². The summed E-state index contributed by atoms with van der Waals surface area (Å²) in [5.41, 5.74) is 2.42. The Morgan fingerprint density at radius 3 is 2.60 bits per heavy atom. The van der Waals surface area contributed by atoms with Gasteiger partial charge in [0, 0.05) is 36.7 Å². The summed E-state index contributed by atoms with van der Waals surface area (Å²) in [6.45, 7) is 11.8. The minimum Gasteiger partial charge on any atom is -0.350 e. The molecule has 2 atom stereocenters. The van der Waals surface area contributed by atoms with Crippen molar-refractivity contribution in [1.82, 2.24) is 20.3 Å². The van der Waals surface area contributed by atoms with Crippen LogP contribution in [-0.4, -0.2) is 48.7 Å². The first-order chi connectivity index (χ1) is 20.0. The summed E-state index contributed by atoms with van der Waals surface area (Å²) < 4.78 is 70.6. The molecular weight excluding hydrogens is 567 g/mol. The van der Waals surface area contributed by atoms with Crippen LogP contribution in [0.1, 0.15) is 37.3 Å². The Morgan fingerprint density at radius 2 is 1.90 bits per heavy atom. The lowest BCUT2D eigenvalue weighted by molar-refractivity contribution is 0.254. The Hall–Kier alpha value is -4.28. The molecule has 3 N–H and O–H groups in total. The molecule has 1 saturated heterocycles. The number of alkyl halides is 1. The highest BCUT2D eigenvalue weighted by molar-refractivity contribution is 7.91. The third kappa shape index (κ3) is 6.61. The molecule has 1 fully saturated rings. The number of fused-ring (bicyclic) bond motifs is 1. The maximum Gasteiger partial charge on any atom is 0.237 e. The van der Waals surface area contributed by atoms with Gasteiger partial charge in [-0.2, -0.15) is 0 Å². The Labute approximate surface area is 241 Å². The Morgan fingerprint density at radius 1 is 1.10 bits per heavy atom. The highest BCUT2D eigenvalue weighted by atomic mass is 32.2. The van der Waals surface area contributed by atoms with E-state index in [4.69, 9.17) is 6.57 Å². The lowest BCUT2D eigenvalue weighted by atomic mass is 9.99. The first kappa shape index (κ1) is 29.2. The molecule has 1 aliphatic heterocycles. The lowest BCUT2D eigenvalue weighted by Gasteiger charge is -2.26. The molecule has 3 heterocycles. The second kappa shape index (κ2) is 11.9. The number of hydrogen-bond donors (Lipinski definition) is 3. The van der Waals surface area contributed by atoms with Crippen LogP contribution in [0.5, 0.6) is 0 Å². The highest BCUT2D eigenvalue weighted by Crippen LogP contribution is 2.31. The van der Waals surface area contributed by atoms with Crippen LogP contribution in [0.15, 0.2) is 48.7 Å². The van der Waals surface area contributed by atoms with Crippen LogP contribution in [0.4, 0.5) is 30.5 Å². The number of benzene rings is 2. The minimum atomic E-state index is -4.16. The number of anilines is 2. The fourth-order valence-corrected chi connectivity index (χ4v) is 5.99. The standard InChI is InChI=1S/C29H28F3N7O2S/c1-16(2)22-11-26(37-27-14-35-29(38-28(22)27)36-21-9-19(30)12-34-13-21)17-5-7-25(24(32)8-17)39-42(40,41)15-18-4-6-20(33-3)10-23(18)31/h4-8,10-11,14,16,19,21,34,39H,9,12-13,15H2,1-2H3,(H,35,36,38)/t19-,21-/m0/s1. The summed E-state index contributed by atoms with van der Waals surface area (Å²) >= 11 is 0. The topological polar surface area (TPSA) is 113 Å². The Kier molecular flexibility index (Phi) is 8.29. The van der Waals surface area contributed by atoms with Gasteiger partial charge in [-0.25, -0.2) is 41.4 Å². The number of piperidine rings is 1. The number of sulfonamides is 1. The third-order valence-corrected chi connectivity index (χ3v) is 8.09. The van der Waals surface area contributed by atoms with E-state index in [-0.39, 0.29) is 28.9 Å². The van der Waals surface area contributed by atoms with Crippen molar-refractivity contribution in [2.75, 3.05) is 23.1 Å². The molecule has 9 nitrogen and oxygen atoms in total. The fourth-order valence-electron chi connectivity index (χ4n) is 4.78. The van der Waals surface area contributed by atoms with E-state index in [0.717, 1.165) is 11.6 Å². The molecule has 0 saturated carbocycles. The zero-order chi connectivity index (χ0) is 30.0. The monoisotopic (exact) mass is 595 g/mol. The molecule has 2 aromatic carbocycles. The molecule has 2 aromatic heterocycles. The van der Waals surface area contributed by atoms with Crippen molar-refractivity contribution in [2.45, 2.75) is 44.2 Å². The number of nitrogens with zero attached hydrogens (tertiary/aromatic N) is 4. The molecule has 0 radical (unpaired) electrons. The molecule has 42 heavy (non-hydrogen) atoms. The molecule has 4 aromatic rings. The summed E-state index contributed by atoms with van der Waals surface area (Å²) in [7, 11) is -4.16. The van der Waals surface area contributed by atoms with Crippen LogP contribution in [0, 0.1) is 18.2 Å². The van der Waals surface area contributed by atoms with Crippen LogP contribution in [0.2, 0.25) is 0 Å². The van der Waals surface area contributed by atoms with Gasteiger partial charge in [-0.1, -0.05) is 32.0 Å². The van der Waals surface area contributed by atoms with Crippen molar-refractivity contribution in [1.29, 1.82) is 0 Å². The van der Waals surface area contributed by atoms with Gasteiger partial charge in [0.2, 0.25) is 16.0 Å².